The zero-order valence-corrected chi connectivity index (χ0v) is 18.8. The second kappa shape index (κ2) is 8.21. The molecule has 4 aliphatic rings. The molecule has 0 unspecified atom stereocenters. The Kier molecular flexibility index (Phi) is 5.55. The van der Waals surface area contributed by atoms with Crippen LogP contribution in [-0.4, -0.2) is 83.5 Å². The van der Waals surface area contributed by atoms with Crippen molar-refractivity contribution in [2.24, 2.45) is 5.41 Å². The minimum atomic E-state index is 0.00242. The molecule has 2 bridgehead atoms. The number of carbonyl (C=O) groups excluding carboxylic acids is 2. The number of likely N-dealkylation sites (tertiary alicyclic amines) is 2. The highest BCUT2D eigenvalue weighted by atomic mass is 16.5. The van der Waals surface area contributed by atoms with Crippen molar-refractivity contribution < 1.29 is 14.3 Å². The van der Waals surface area contributed by atoms with E-state index in [1.54, 1.807) is 6.92 Å². The first-order valence-electron chi connectivity index (χ1n) is 11.9. The average Bonchev–Trinajstić information content (AvgIpc) is 3.08. The highest BCUT2D eigenvalue weighted by molar-refractivity contribution is 5.81. The Bertz CT molecular complexity index is 825. The van der Waals surface area contributed by atoms with Gasteiger partial charge in [0.1, 0.15) is 0 Å². The number of ether oxygens (including phenoxy) is 1. The molecule has 3 saturated heterocycles. The molecule has 1 aromatic rings. The molecule has 168 valence electrons. The van der Waals surface area contributed by atoms with Gasteiger partial charge in [0.05, 0.1) is 31.8 Å². The minimum Gasteiger partial charge on any atom is -0.379 e. The van der Waals surface area contributed by atoms with Gasteiger partial charge in [0.25, 0.3) is 0 Å². The first kappa shape index (κ1) is 21.0. The summed E-state index contributed by atoms with van der Waals surface area (Å²) in [7, 11) is 0. The van der Waals surface area contributed by atoms with Gasteiger partial charge in [0.15, 0.2) is 0 Å². The molecule has 1 aliphatic carbocycles. The molecule has 1 aromatic carbocycles. The number of hydrogen-bond donors (Lipinski definition) is 0. The number of amides is 2. The molecule has 3 aliphatic heterocycles. The van der Waals surface area contributed by atoms with E-state index in [0.717, 1.165) is 45.2 Å². The van der Waals surface area contributed by atoms with Crippen molar-refractivity contribution in [1.82, 2.24) is 14.7 Å². The SMILES string of the molecule is CC(=O)N1[C@H]2CCC[C@H]3N(C(=O)CN4CCOCC4)[C@@H](Cc4ccccc4)[C@@H]1C[C@@]23C. The Labute approximate surface area is 185 Å². The Morgan fingerprint density at radius 2 is 1.74 bits per heavy atom. The van der Waals surface area contributed by atoms with Crippen LogP contribution >= 0.6 is 0 Å². The number of piperidine rings is 1. The van der Waals surface area contributed by atoms with Crippen LogP contribution in [0.4, 0.5) is 0 Å². The van der Waals surface area contributed by atoms with Crippen molar-refractivity contribution in [1.29, 1.82) is 0 Å². The number of fused-ring (bicyclic) bond motifs is 1. The summed E-state index contributed by atoms with van der Waals surface area (Å²) >= 11 is 0. The van der Waals surface area contributed by atoms with Gasteiger partial charge in [-0.1, -0.05) is 37.3 Å². The third-order valence-electron chi connectivity index (χ3n) is 8.36. The lowest BCUT2D eigenvalue weighted by Gasteiger charge is -2.53. The molecule has 31 heavy (non-hydrogen) atoms. The van der Waals surface area contributed by atoms with Crippen LogP contribution in [0.5, 0.6) is 0 Å². The topological polar surface area (TPSA) is 53.1 Å². The van der Waals surface area contributed by atoms with E-state index in [4.69, 9.17) is 4.74 Å². The zero-order chi connectivity index (χ0) is 21.6. The van der Waals surface area contributed by atoms with E-state index in [1.165, 1.54) is 5.56 Å². The molecular formula is C25H35N3O3. The molecule has 3 heterocycles. The van der Waals surface area contributed by atoms with E-state index in [0.29, 0.717) is 19.8 Å². The highest BCUT2D eigenvalue weighted by Crippen LogP contribution is 2.56. The second-order valence-corrected chi connectivity index (χ2v) is 10.1. The number of benzene rings is 1. The van der Waals surface area contributed by atoms with Crippen molar-refractivity contribution in [2.45, 2.75) is 70.1 Å². The Morgan fingerprint density at radius 3 is 2.42 bits per heavy atom. The van der Waals surface area contributed by atoms with Crippen LogP contribution in [0, 0.1) is 5.41 Å². The molecular weight excluding hydrogens is 390 g/mol. The lowest BCUT2D eigenvalue weighted by Crippen LogP contribution is -2.64. The van der Waals surface area contributed by atoms with Crippen LogP contribution < -0.4 is 0 Å². The molecule has 0 aromatic heterocycles. The fourth-order valence-electron chi connectivity index (χ4n) is 7.02. The average molecular weight is 426 g/mol. The summed E-state index contributed by atoms with van der Waals surface area (Å²) in [6.07, 6.45) is 5.02. The molecule has 4 fully saturated rings. The normalized spacial score (nSPS) is 35.3. The van der Waals surface area contributed by atoms with Gasteiger partial charge >= 0.3 is 0 Å². The Morgan fingerprint density at radius 1 is 1.06 bits per heavy atom. The van der Waals surface area contributed by atoms with Gasteiger partial charge in [0, 0.05) is 37.5 Å². The maximum Gasteiger partial charge on any atom is 0.237 e. The summed E-state index contributed by atoms with van der Waals surface area (Å²) in [5.41, 5.74) is 1.24. The fourth-order valence-corrected chi connectivity index (χ4v) is 7.02. The standard InChI is InChI=1S/C25H35N3O3/c1-18(29)27-21-16-25(2)22(27)9-6-10-23(25)28(20(21)15-19-7-4-3-5-8-19)24(30)17-26-11-13-31-14-12-26/h3-5,7-8,20-23H,6,9-17H2,1-2H3/t20-,21-,22-,23+,25-/m0/s1. The van der Waals surface area contributed by atoms with Gasteiger partial charge in [-0.05, 0) is 37.7 Å². The van der Waals surface area contributed by atoms with E-state index >= 15 is 0 Å². The summed E-state index contributed by atoms with van der Waals surface area (Å²) in [6.45, 7) is 7.54. The first-order valence-corrected chi connectivity index (χ1v) is 11.9. The van der Waals surface area contributed by atoms with E-state index in [1.807, 2.05) is 6.07 Å². The highest BCUT2D eigenvalue weighted by Gasteiger charge is 2.64. The summed E-state index contributed by atoms with van der Waals surface area (Å²) in [5, 5.41) is 0. The zero-order valence-electron chi connectivity index (χ0n) is 18.8. The number of hydrogen-bond acceptors (Lipinski definition) is 4. The predicted octanol–water partition coefficient (Wildman–Crippen LogP) is 2.32. The van der Waals surface area contributed by atoms with E-state index in [2.05, 4.69) is 45.9 Å². The fraction of sp³-hybridized carbons (Fsp3) is 0.680. The van der Waals surface area contributed by atoms with Gasteiger partial charge in [-0.15, -0.1) is 0 Å². The summed E-state index contributed by atoms with van der Waals surface area (Å²) < 4.78 is 5.48. The molecule has 6 nitrogen and oxygen atoms in total. The van der Waals surface area contributed by atoms with Gasteiger partial charge in [-0.25, -0.2) is 0 Å². The maximum absolute atomic E-state index is 13.8. The summed E-state index contributed by atoms with van der Waals surface area (Å²) in [4.78, 5) is 33.3. The lowest BCUT2D eigenvalue weighted by molar-refractivity contribution is -0.147. The Hall–Kier alpha value is -1.92. The van der Waals surface area contributed by atoms with Gasteiger partial charge in [0.2, 0.25) is 11.8 Å². The number of morpholine rings is 1. The first-order chi connectivity index (χ1) is 15.0. The van der Waals surface area contributed by atoms with Crippen LogP contribution in [0.15, 0.2) is 30.3 Å². The molecule has 5 atom stereocenters. The van der Waals surface area contributed by atoms with Crippen LogP contribution in [0.2, 0.25) is 0 Å². The molecule has 6 heteroatoms. The van der Waals surface area contributed by atoms with E-state index in [9.17, 15) is 9.59 Å². The van der Waals surface area contributed by atoms with Crippen molar-refractivity contribution in [3.05, 3.63) is 35.9 Å². The monoisotopic (exact) mass is 425 g/mol. The van der Waals surface area contributed by atoms with E-state index in [-0.39, 0.29) is 41.4 Å². The quantitative estimate of drug-likeness (QED) is 0.743. The lowest BCUT2D eigenvalue weighted by atomic mass is 9.64. The largest absolute Gasteiger partial charge is 0.379 e. The third kappa shape index (κ3) is 3.58. The van der Waals surface area contributed by atoms with Crippen molar-refractivity contribution in [3.8, 4) is 0 Å². The molecule has 1 saturated carbocycles. The smallest absolute Gasteiger partial charge is 0.237 e. The van der Waals surface area contributed by atoms with Gasteiger partial charge in [-0.2, -0.15) is 0 Å². The third-order valence-corrected chi connectivity index (χ3v) is 8.36. The molecule has 5 rings (SSSR count). The summed E-state index contributed by atoms with van der Waals surface area (Å²) in [5.74, 6) is 0.398. The predicted molar refractivity (Wildman–Crippen MR) is 118 cm³/mol. The minimum absolute atomic E-state index is 0.00242. The van der Waals surface area contributed by atoms with E-state index < -0.39 is 0 Å². The molecule has 0 spiro atoms. The molecule has 2 amide bonds. The van der Waals surface area contributed by atoms with Crippen molar-refractivity contribution >= 4 is 11.8 Å². The van der Waals surface area contributed by atoms with Crippen LogP contribution in [-0.2, 0) is 20.7 Å². The van der Waals surface area contributed by atoms with Crippen molar-refractivity contribution in [3.63, 3.8) is 0 Å². The second-order valence-electron chi connectivity index (χ2n) is 10.1. The summed E-state index contributed by atoms with van der Waals surface area (Å²) in [6, 6.07) is 11.1. The number of nitrogens with zero attached hydrogens (tertiary/aromatic N) is 3. The maximum atomic E-state index is 13.8. The van der Waals surface area contributed by atoms with Crippen LogP contribution in [0.3, 0.4) is 0 Å². The molecule has 0 radical (unpaired) electrons. The number of carbonyl (C=O) groups is 2. The van der Waals surface area contributed by atoms with Crippen LogP contribution in [0.25, 0.3) is 0 Å². The van der Waals surface area contributed by atoms with Gasteiger partial charge < -0.3 is 14.5 Å². The van der Waals surface area contributed by atoms with Gasteiger partial charge in [-0.3, -0.25) is 14.5 Å². The molecule has 0 N–H and O–H groups in total. The Balaban J connectivity index is 1.51. The number of rotatable bonds is 4. The van der Waals surface area contributed by atoms with Crippen molar-refractivity contribution in [2.75, 3.05) is 32.8 Å². The van der Waals surface area contributed by atoms with Crippen LogP contribution in [0.1, 0.15) is 45.1 Å².